The molecule has 0 saturated heterocycles. The number of esters is 1. The monoisotopic (exact) mass is 379 g/mol. The van der Waals surface area contributed by atoms with Gasteiger partial charge in [-0.15, -0.1) is 11.8 Å². The lowest BCUT2D eigenvalue weighted by Gasteiger charge is -2.15. The van der Waals surface area contributed by atoms with Crippen LogP contribution in [0.25, 0.3) is 0 Å². The van der Waals surface area contributed by atoms with Crippen LogP contribution in [-0.4, -0.2) is 23.7 Å². The Balaban J connectivity index is 1.88. The molecule has 0 heterocycles. The summed E-state index contributed by atoms with van der Waals surface area (Å²) in [5.41, 5.74) is 2.53. The van der Waals surface area contributed by atoms with Crippen LogP contribution in [0.1, 0.15) is 18.1 Å². The fraction of sp³-hybridized carbons (Fsp3) is 0.263. The molecule has 0 spiro atoms. The number of hydrogen-bond acceptors (Lipinski definition) is 4. The van der Waals surface area contributed by atoms with Crippen LogP contribution < -0.4 is 5.32 Å². The fourth-order valence-electron chi connectivity index (χ4n) is 2.11. The molecule has 2 rings (SSSR count). The van der Waals surface area contributed by atoms with Gasteiger partial charge in [-0.25, -0.2) is 8.78 Å². The first-order valence-electron chi connectivity index (χ1n) is 7.91. The summed E-state index contributed by atoms with van der Waals surface area (Å²) in [6.45, 7) is 5.21. The molecule has 1 amide bonds. The van der Waals surface area contributed by atoms with Crippen LogP contribution in [0.4, 0.5) is 14.5 Å². The highest BCUT2D eigenvalue weighted by Gasteiger charge is 2.19. The molecule has 0 unspecified atom stereocenters. The molecule has 1 atom stereocenters. The lowest BCUT2D eigenvalue weighted by Crippen LogP contribution is -2.30. The molecule has 0 aliphatic heterocycles. The van der Waals surface area contributed by atoms with E-state index >= 15 is 0 Å². The molecule has 0 bridgehead atoms. The molecule has 0 saturated carbocycles. The van der Waals surface area contributed by atoms with Gasteiger partial charge in [-0.3, -0.25) is 9.59 Å². The Morgan fingerprint density at radius 2 is 1.88 bits per heavy atom. The van der Waals surface area contributed by atoms with E-state index < -0.39 is 29.6 Å². The van der Waals surface area contributed by atoms with Crippen molar-refractivity contribution in [1.29, 1.82) is 0 Å². The second kappa shape index (κ2) is 8.80. The van der Waals surface area contributed by atoms with E-state index in [1.807, 2.05) is 32.0 Å². The second-order valence-corrected chi connectivity index (χ2v) is 6.82. The first kappa shape index (κ1) is 19.9. The first-order chi connectivity index (χ1) is 12.3. The summed E-state index contributed by atoms with van der Waals surface area (Å²) in [6.07, 6.45) is -1.01. The molecule has 0 aliphatic rings. The van der Waals surface area contributed by atoms with Crippen molar-refractivity contribution >= 4 is 29.3 Å². The molecule has 1 N–H and O–H groups in total. The van der Waals surface area contributed by atoms with E-state index in [1.165, 1.54) is 6.92 Å². The number of anilines is 1. The average molecular weight is 379 g/mol. The number of ether oxygens (including phenoxy) is 1. The topological polar surface area (TPSA) is 55.4 Å². The predicted octanol–water partition coefficient (Wildman–Crippen LogP) is 4.24. The minimum absolute atomic E-state index is 0.00874. The van der Waals surface area contributed by atoms with Gasteiger partial charge < -0.3 is 10.1 Å². The van der Waals surface area contributed by atoms with Crippen LogP contribution in [-0.2, 0) is 14.3 Å². The van der Waals surface area contributed by atoms with Crippen LogP contribution in [0.2, 0.25) is 0 Å². The van der Waals surface area contributed by atoms with Crippen molar-refractivity contribution in [2.45, 2.75) is 31.8 Å². The Bertz CT molecular complexity index is 826. The quantitative estimate of drug-likeness (QED) is 0.602. The van der Waals surface area contributed by atoms with Gasteiger partial charge >= 0.3 is 5.97 Å². The molecular formula is C19H19F2NO3S. The largest absolute Gasteiger partial charge is 0.452 e. The molecule has 0 radical (unpaired) electrons. The summed E-state index contributed by atoms with van der Waals surface area (Å²) >= 11 is 0.810. The molecule has 0 fully saturated rings. The summed E-state index contributed by atoms with van der Waals surface area (Å²) in [5, 5.41) is 2.71. The third kappa shape index (κ3) is 5.56. The number of hydrogen-bond donors (Lipinski definition) is 1. The molecule has 26 heavy (non-hydrogen) atoms. The number of thioether (sulfide) groups is 1. The van der Waals surface area contributed by atoms with Gasteiger partial charge in [0.15, 0.2) is 6.10 Å². The van der Waals surface area contributed by atoms with E-state index in [1.54, 1.807) is 0 Å². The van der Waals surface area contributed by atoms with E-state index in [4.69, 9.17) is 4.74 Å². The van der Waals surface area contributed by atoms with Crippen molar-refractivity contribution in [1.82, 2.24) is 0 Å². The Kier molecular flexibility index (Phi) is 6.74. The molecule has 138 valence electrons. The maximum atomic E-state index is 13.5. The van der Waals surface area contributed by atoms with E-state index in [-0.39, 0.29) is 10.6 Å². The number of benzene rings is 2. The molecule has 2 aromatic rings. The molecule has 7 heteroatoms. The number of nitrogens with one attached hydrogen (secondary N) is 1. The van der Waals surface area contributed by atoms with Crippen molar-refractivity contribution in [3.05, 3.63) is 59.2 Å². The zero-order valence-corrected chi connectivity index (χ0v) is 15.5. The Labute approximate surface area is 154 Å². The van der Waals surface area contributed by atoms with E-state index in [9.17, 15) is 18.4 Å². The number of carbonyl (C=O) groups excluding carboxylic acids is 2. The van der Waals surface area contributed by atoms with Gasteiger partial charge in [-0.05, 0) is 56.2 Å². The lowest BCUT2D eigenvalue weighted by atomic mass is 10.1. The van der Waals surface area contributed by atoms with Gasteiger partial charge in [0.1, 0.15) is 11.6 Å². The Hall–Kier alpha value is -2.41. The normalized spacial score (nSPS) is 11.7. The van der Waals surface area contributed by atoms with Crippen molar-refractivity contribution in [3.8, 4) is 0 Å². The van der Waals surface area contributed by atoms with Crippen LogP contribution in [0, 0.1) is 25.5 Å². The summed E-state index contributed by atoms with van der Waals surface area (Å²) in [6, 6.07) is 8.62. The van der Waals surface area contributed by atoms with Crippen molar-refractivity contribution < 1.29 is 23.1 Å². The summed E-state index contributed by atoms with van der Waals surface area (Å²) in [7, 11) is 0. The van der Waals surface area contributed by atoms with Crippen molar-refractivity contribution in [2.75, 3.05) is 11.1 Å². The van der Waals surface area contributed by atoms with E-state index in [2.05, 4.69) is 5.32 Å². The van der Waals surface area contributed by atoms with Crippen LogP contribution >= 0.6 is 11.8 Å². The third-order valence-electron chi connectivity index (χ3n) is 3.57. The predicted molar refractivity (Wildman–Crippen MR) is 97.2 cm³/mol. The summed E-state index contributed by atoms with van der Waals surface area (Å²) in [4.78, 5) is 24.1. The number of halogens is 2. The van der Waals surface area contributed by atoms with Crippen LogP contribution in [0.15, 0.2) is 41.3 Å². The van der Waals surface area contributed by atoms with Crippen LogP contribution in [0.5, 0.6) is 0 Å². The fourth-order valence-corrected chi connectivity index (χ4v) is 2.86. The zero-order chi connectivity index (χ0) is 19.3. The van der Waals surface area contributed by atoms with Gasteiger partial charge in [0.05, 0.1) is 5.75 Å². The van der Waals surface area contributed by atoms with Gasteiger partial charge in [0.25, 0.3) is 5.91 Å². The Morgan fingerprint density at radius 1 is 1.15 bits per heavy atom. The molecule has 2 aromatic carbocycles. The number of rotatable bonds is 6. The maximum Gasteiger partial charge on any atom is 0.317 e. The highest BCUT2D eigenvalue weighted by molar-refractivity contribution is 8.00. The van der Waals surface area contributed by atoms with Gasteiger partial charge in [0, 0.05) is 10.6 Å². The Morgan fingerprint density at radius 3 is 2.62 bits per heavy atom. The molecule has 0 aromatic heterocycles. The van der Waals surface area contributed by atoms with Crippen LogP contribution in [0.3, 0.4) is 0 Å². The van der Waals surface area contributed by atoms with E-state index in [0.717, 1.165) is 41.1 Å². The lowest BCUT2D eigenvalue weighted by molar-refractivity contribution is -0.150. The first-order valence-corrected chi connectivity index (χ1v) is 8.90. The minimum Gasteiger partial charge on any atom is -0.452 e. The van der Waals surface area contributed by atoms with Gasteiger partial charge in [-0.2, -0.15) is 0 Å². The van der Waals surface area contributed by atoms with Gasteiger partial charge in [-0.1, -0.05) is 12.1 Å². The highest BCUT2D eigenvalue weighted by Crippen LogP contribution is 2.23. The SMILES string of the molecule is Cc1ccc(C)c(NC(=O)[C@@H](C)OC(=O)CSc2cc(F)ccc2F)c1. The maximum absolute atomic E-state index is 13.5. The zero-order valence-electron chi connectivity index (χ0n) is 14.6. The number of aryl methyl sites for hydroxylation is 2. The highest BCUT2D eigenvalue weighted by atomic mass is 32.2. The van der Waals surface area contributed by atoms with Crippen molar-refractivity contribution in [2.24, 2.45) is 0 Å². The molecule has 0 aliphatic carbocycles. The number of carbonyl (C=O) groups is 2. The molecule has 4 nitrogen and oxygen atoms in total. The smallest absolute Gasteiger partial charge is 0.317 e. The minimum atomic E-state index is -1.01. The average Bonchev–Trinajstić information content (AvgIpc) is 2.58. The summed E-state index contributed by atoms with van der Waals surface area (Å²) < 4.78 is 31.7. The summed E-state index contributed by atoms with van der Waals surface area (Å²) in [5.74, 6) is -2.61. The van der Waals surface area contributed by atoms with Gasteiger partial charge in [0.2, 0.25) is 0 Å². The van der Waals surface area contributed by atoms with Crippen molar-refractivity contribution in [3.63, 3.8) is 0 Å². The van der Waals surface area contributed by atoms with E-state index in [0.29, 0.717) is 5.69 Å². The standard InChI is InChI=1S/C19H19F2NO3S/c1-11-4-5-12(2)16(8-11)22-19(24)13(3)25-18(23)10-26-17-9-14(20)6-7-15(17)21/h4-9,13H,10H2,1-3H3,(H,22,24)/t13-/m1/s1. The molecular weight excluding hydrogens is 360 g/mol. The third-order valence-corrected chi connectivity index (χ3v) is 4.57. The second-order valence-electron chi connectivity index (χ2n) is 5.80. The number of amides is 1.